The lowest BCUT2D eigenvalue weighted by atomic mass is 10.1. The van der Waals surface area contributed by atoms with Crippen molar-refractivity contribution in [2.45, 2.75) is 0 Å². The largest absolute Gasteiger partial charge is 0.497 e. The van der Waals surface area contributed by atoms with Crippen molar-refractivity contribution in [2.75, 3.05) is 21.3 Å². The molecular formula is C19H17NO5. The van der Waals surface area contributed by atoms with E-state index in [0.717, 1.165) is 11.3 Å². The molecule has 0 saturated heterocycles. The standard InChI is InChI=1S/C19H17NO5/c1-22-13-6-4-12(5-7-13)10-15(19(21)24-3)18-20-16-9-8-14(23-2)11-17(16)25-18/h4-11H,1-3H3. The van der Waals surface area contributed by atoms with Gasteiger partial charge in [0.1, 0.15) is 22.6 Å². The Balaban J connectivity index is 2.05. The number of carbonyl (C=O) groups excluding carboxylic acids is 1. The molecule has 0 amide bonds. The summed E-state index contributed by atoms with van der Waals surface area (Å²) < 4.78 is 20.9. The van der Waals surface area contributed by atoms with Crippen LogP contribution >= 0.6 is 0 Å². The quantitative estimate of drug-likeness (QED) is 0.523. The van der Waals surface area contributed by atoms with Crippen LogP contribution in [0.2, 0.25) is 0 Å². The first kappa shape index (κ1) is 16.6. The van der Waals surface area contributed by atoms with Crippen LogP contribution in [0.15, 0.2) is 46.9 Å². The average Bonchev–Trinajstić information content (AvgIpc) is 3.08. The molecule has 0 aliphatic heterocycles. The summed E-state index contributed by atoms with van der Waals surface area (Å²) in [6.45, 7) is 0. The van der Waals surface area contributed by atoms with Gasteiger partial charge in [-0.3, -0.25) is 0 Å². The summed E-state index contributed by atoms with van der Waals surface area (Å²) >= 11 is 0. The molecule has 0 unspecified atom stereocenters. The smallest absolute Gasteiger partial charge is 0.343 e. The van der Waals surface area contributed by atoms with Gasteiger partial charge < -0.3 is 18.6 Å². The average molecular weight is 339 g/mol. The van der Waals surface area contributed by atoms with Gasteiger partial charge in [0, 0.05) is 6.07 Å². The molecule has 6 nitrogen and oxygen atoms in total. The second-order valence-electron chi connectivity index (χ2n) is 5.18. The molecule has 3 aromatic rings. The van der Waals surface area contributed by atoms with Gasteiger partial charge in [-0.2, -0.15) is 0 Å². The number of esters is 1. The van der Waals surface area contributed by atoms with Crippen LogP contribution in [-0.4, -0.2) is 32.3 Å². The van der Waals surface area contributed by atoms with E-state index in [-0.39, 0.29) is 11.5 Å². The summed E-state index contributed by atoms with van der Waals surface area (Å²) in [5.41, 5.74) is 2.17. The van der Waals surface area contributed by atoms with Gasteiger partial charge in [0.25, 0.3) is 0 Å². The van der Waals surface area contributed by atoms with Gasteiger partial charge in [-0.15, -0.1) is 0 Å². The highest BCUT2D eigenvalue weighted by Gasteiger charge is 2.19. The van der Waals surface area contributed by atoms with Crippen LogP contribution in [0, 0.1) is 0 Å². The lowest BCUT2D eigenvalue weighted by Gasteiger charge is -2.03. The van der Waals surface area contributed by atoms with Crippen molar-refractivity contribution in [3.8, 4) is 11.5 Å². The second-order valence-corrected chi connectivity index (χ2v) is 5.18. The van der Waals surface area contributed by atoms with Crippen molar-refractivity contribution in [3.05, 3.63) is 53.9 Å². The van der Waals surface area contributed by atoms with Gasteiger partial charge in [0.15, 0.2) is 5.58 Å². The van der Waals surface area contributed by atoms with Crippen molar-refractivity contribution in [1.29, 1.82) is 0 Å². The van der Waals surface area contributed by atoms with E-state index in [2.05, 4.69) is 4.98 Å². The zero-order chi connectivity index (χ0) is 17.8. The number of carbonyl (C=O) groups is 1. The molecule has 0 bridgehead atoms. The molecule has 0 N–H and O–H groups in total. The Hall–Kier alpha value is -3.28. The monoisotopic (exact) mass is 339 g/mol. The number of benzene rings is 2. The lowest BCUT2D eigenvalue weighted by molar-refractivity contribution is -0.133. The Bertz CT molecular complexity index is 925. The molecule has 6 heteroatoms. The van der Waals surface area contributed by atoms with Gasteiger partial charge in [-0.1, -0.05) is 12.1 Å². The molecule has 0 aliphatic carbocycles. The lowest BCUT2D eigenvalue weighted by Crippen LogP contribution is -2.04. The molecule has 3 rings (SSSR count). The zero-order valence-electron chi connectivity index (χ0n) is 14.1. The molecule has 25 heavy (non-hydrogen) atoms. The first-order valence-electron chi connectivity index (χ1n) is 7.53. The van der Waals surface area contributed by atoms with Crippen molar-refractivity contribution < 1.29 is 23.4 Å². The van der Waals surface area contributed by atoms with Gasteiger partial charge in [0.05, 0.1) is 21.3 Å². The van der Waals surface area contributed by atoms with Crippen LogP contribution in [0.25, 0.3) is 22.7 Å². The number of aromatic nitrogens is 1. The number of methoxy groups -OCH3 is 3. The molecule has 1 aromatic heterocycles. The van der Waals surface area contributed by atoms with Gasteiger partial charge >= 0.3 is 5.97 Å². The minimum atomic E-state index is -0.533. The Morgan fingerprint density at radius 2 is 1.68 bits per heavy atom. The van der Waals surface area contributed by atoms with Crippen molar-refractivity contribution in [2.24, 2.45) is 0 Å². The number of hydrogen-bond donors (Lipinski definition) is 0. The topological polar surface area (TPSA) is 70.8 Å². The molecule has 0 radical (unpaired) electrons. The maximum atomic E-state index is 12.2. The van der Waals surface area contributed by atoms with E-state index < -0.39 is 5.97 Å². The number of hydrogen-bond acceptors (Lipinski definition) is 6. The van der Waals surface area contributed by atoms with Crippen LogP contribution in [0.3, 0.4) is 0 Å². The molecule has 1 heterocycles. The van der Waals surface area contributed by atoms with E-state index in [9.17, 15) is 4.79 Å². The Morgan fingerprint density at radius 1 is 1.00 bits per heavy atom. The maximum absolute atomic E-state index is 12.2. The van der Waals surface area contributed by atoms with E-state index in [0.29, 0.717) is 16.8 Å². The fourth-order valence-corrected chi connectivity index (χ4v) is 2.33. The highest BCUT2D eigenvalue weighted by molar-refractivity contribution is 6.20. The molecule has 0 spiro atoms. The third-order valence-electron chi connectivity index (χ3n) is 3.66. The Morgan fingerprint density at radius 3 is 2.32 bits per heavy atom. The number of rotatable bonds is 5. The van der Waals surface area contributed by atoms with Crippen molar-refractivity contribution >= 4 is 28.7 Å². The summed E-state index contributed by atoms with van der Waals surface area (Å²) in [5, 5.41) is 0. The van der Waals surface area contributed by atoms with E-state index in [1.807, 2.05) is 12.1 Å². The second kappa shape index (κ2) is 7.09. The third kappa shape index (κ3) is 3.47. The van der Waals surface area contributed by atoms with Crippen LogP contribution in [0.5, 0.6) is 11.5 Å². The van der Waals surface area contributed by atoms with Crippen LogP contribution < -0.4 is 9.47 Å². The van der Waals surface area contributed by atoms with E-state index in [4.69, 9.17) is 18.6 Å². The van der Waals surface area contributed by atoms with Crippen LogP contribution in [0.1, 0.15) is 11.5 Å². The third-order valence-corrected chi connectivity index (χ3v) is 3.66. The summed E-state index contributed by atoms with van der Waals surface area (Å²) in [6, 6.07) is 12.5. The summed E-state index contributed by atoms with van der Waals surface area (Å²) in [4.78, 5) is 16.6. The minimum absolute atomic E-state index is 0.186. The first-order chi connectivity index (χ1) is 12.1. The summed E-state index contributed by atoms with van der Waals surface area (Å²) in [6.07, 6.45) is 1.66. The maximum Gasteiger partial charge on any atom is 0.343 e. The molecule has 128 valence electrons. The van der Waals surface area contributed by atoms with Gasteiger partial charge in [0.2, 0.25) is 5.89 Å². The van der Waals surface area contributed by atoms with Crippen molar-refractivity contribution in [1.82, 2.24) is 4.98 Å². The SMILES string of the molecule is COC(=O)C(=Cc1ccc(OC)cc1)c1nc2ccc(OC)cc2o1. The summed E-state index contributed by atoms with van der Waals surface area (Å²) in [5.74, 6) is 1.03. The fraction of sp³-hybridized carbons (Fsp3) is 0.158. The molecule has 0 fully saturated rings. The Kier molecular flexibility index (Phi) is 4.70. The van der Waals surface area contributed by atoms with E-state index in [1.165, 1.54) is 7.11 Å². The molecular weight excluding hydrogens is 322 g/mol. The van der Waals surface area contributed by atoms with Crippen molar-refractivity contribution in [3.63, 3.8) is 0 Å². The number of ether oxygens (including phenoxy) is 3. The summed E-state index contributed by atoms with van der Waals surface area (Å²) in [7, 11) is 4.48. The Labute approximate surface area is 144 Å². The minimum Gasteiger partial charge on any atom is -0.497 e. The molecule has 0 atom stereocenters. The normalized spacial score (nSPS) is 11.4. The van der Waals surface area contributed by atoms with Gasteiger partial charge in [-0.25, -0.2) is 9.78 Å². The zero-order valence-corrected chi connectivity index (χ0v) is 14.1. The number of oxazole rings is 1. The highest BCUT2D eigenvalue weighted by atomic mass is 16.5. The van der Waals surface area contributed by atoms with E-state index >= 15 is 0 Å². The predicted octanol–water partition coefficient (Wildman–Crippen LogP) is 3.56. The number of nitrogens with zero attached hydrogens (tertiary/aromatic N) is 1. The van der Waals surface area contributed by atoms with Crippen LogP contribution in [-0.2, 0) is 9.53 Å². The van der Waals surface area contributed by atoms with Gasteiger partial charge in [-0.05, 0) is 35.9 Å². The number of fused-ring (bicyclic) bond motifs is 1. The van der Waals surface area contributed by atoms with Crippen LogP contribution in [0.4, 0.5) is 0 Å². The highest BCUT2D eigenvalue weighted by Crippen LogP contribution is 2.27. The van der Waals surface area contributed by atoms with E-state index in [1.54, 1.807) is 50.6 Å². The first-order valence-corrected chi connectivity index (χ1v) is 7.53. The molecule has 0 aliphatic rings. The predicted molar refractivity (Wildman–Crippen MR) is 93.4 cm³/mol. The molecule has 0 saturated carbocycles. The fourth-order valence-electron chi connectivity index (χ4n) is 2.33. The molecule has 2 aromatic carbocycles.